The van der Waals surface area contributed by atoms with Crippen molar-refractivity contribution in [3.05, 3.63) is 30.5 Å². The molecular weight excluding hydrogens is 480 g/mol. The SMILES string of the molecule is Cl.O=C(NO)C1(S(=O)(=O)N2CCN(c3ncc(-c4ccc(O)cc4)s3)CC2)CCOCC1. The highest BCUT2D eigenvalue weighted by Crippen LogP contribution is 2.35. The van der Waals surface area contributed by atoms with Gasteiger partial charge in [0.1, 0.15) is 5.75 Å². The molecule has 0 bridgehead atoms. The fourth-order valence-electron chi connectivity index (χ4n) is 3.94. The summed E-state index contributed by atoms with van der Waals surface area (Å²) in [6, 6.07) is 6.87. The predicted octanol–water partition coefficient (Wildman–Crippen LogP) is 1.44. The van der Waals surface area contributed by atoms with Crippen molar-refractivity contribution >= 4 is 44.8 Å². The number of carbonyl (C=O) groups excluding carboxylic acids is 1. The van der Waals surface area contributed by atoms with Gasteiger partial charge in [0.15, 0.2) is 9.88 Å². The molecule has 1 aromatic heterocycles. The minimum Gasteiger partial charge on any atom is -0.508 e. The quantitative estimate of drug-likeness (QED) is 0.411. The molecular formula is C19H25ClN4O6S2. The van der Waals surface area contributed by atoms with Gasteiger partial charge < -0.3 is 14.7 Å². The van der Waals surface area contributed by atoms with Crippen molar-refractivity contribution < 1.29 is 28.3 Å². The van der Waals surface area contributed by atoms with Crippen LogP contribution in [0.3, 0.4) is 0 Å². The van der Waals surface area contributed by atoms with Crippen LogP contribution in [0.1, 0.15) is 12.8 Å². The van der Waals surface area contributed by atoms with E-state index in [2.05, 4.69) is 4.98 Å². The summed E-state index contributed by atoms with van der Waals surface area (Å²) in [5.41, 5.74) is 2.49. The number of ether oxygens (including phenoxy) is 1. The molecule has 2 aromatic rings. The normalized spacial score (nSPS) is 19.2. The number of hydroxylamine groups is 1. The first-order valence-corrected chi connectivity index (χ1v) is 12.2. The van der Waals surface area contributed by atoms with E-state index >= 15 is 0 Å². The van der Waals surface area contributed by atoms with Gasteiger partial charge in [-0.3, -0.25) is 10.0 Å². The number of nitrogens with one attached hydrogen (secondary N) is 1. The number of halogens is 1. The van der Waals surface area contributed by atoms with Gasteiger partial charge in [0, 0.05) is 58.4 Å². The molecule has 1 aromatic carbocycles. The van der Waals surface area contributed by atoms with Gasteiger partial charge in [-0.25, -0.2) is 18.9 Å². The topological polar surface area (TPSA) is 132 Å². The van der Waals surface area contributed by atoms with Crippen LogP contribution in [0.2, 0.25) is 0 Å². The van der Waals surface area contributed by atoms with Gasteiger partial charge in [0.25, 0.3) is 5.91 Å². The number of carbonyl (C=O) groups is 1. The van der Waals surface area contributed by atoms with Gasteiger partial charge in [-0.2, -0.15) is 4.31 Å². The molecule has 2 fully saturated rings. The lowest BCUT2D eigenvalue weighted by Gasteiger charge is -2.41. The standard InChI is InChI=1S/C19H24N4O6S2.ClH/c24-15-3-1-14(2-4-15)16-13-20-18(30-16)22-7-9-23(10-8-22)31(27,28)19(17(25)21-26)5-11-29-12-6-19;/h1-4,13,24,26H,5-12H2,(H,21,25);1H. The summed E-state index contributed by atoms with van der Waals surface area (Å²) < 4.78 is 31.6. The summed E-state index contributed by atoms with van der Waals surface area (Å²) in [5.74, 6) is -0.709. The summed E-state index contributed by atoms with van der Waals surface area (Å²) in [6.45, 7) is 1.61. The molecule has 0 aliphatic carbocycles. The van der Waals surface area contributed by atoms with Gasteiger partial charge >= 0.3 is 0 Å². The first kappa shape index (κ1) is 24.7. The molecule has 176 valence electrons. The number of aromatic nitrogens is 1. The van der Waals surface area contributed by atoms with Gasteiger partial charge in [-0.1, -0.05) is 11.3 Å². The first-order chi connectivity index (χ1) is 14.9. The first-order valence-electron chi connectivity index (χ1n) is 9.89. The van der Waals surface area contributed by atoms with Crippen LogP contribution >= 0.6 is 23.7 Å². The van der Waals surface area contributed by atoms with Crippen LogP contribution in [0.5, 0.6) is 5.75 Å². The van der Waals surface area contributed by atoms with Crippen LogP contribution < -0.4 is 10.4 Å². The number of rotatable bonds is 5. The molecule has 3 N–H and O–H groups in total. The lowest BCUT2D eigenvalue weighted by molar-refractivity contribution is -0.134. The Morgan fingerprint density at radius 1 is 1.12 bits per heavy atom. The number of hydrogen-bond donors (Lipinski definition) is 3. The number of amides is 1. The lowest BCUT2D eigenvalue weighted by Crippen LogP contribution is -2.62. The largest absolute Gasteiger partial charge is 0.508 e. The molecule has 0 unspecified atom stereocenters. The van der Waals surface area contributed by atoms with Crippen molar-refractivity contribution in [2.24, 2.45) is 0 Å². The molecule has 10 nitrogen and oxygen atoms in total. The molecule has 0 saturated carbocycles. The van der Waals surface area contributed by atoms with Crippen molar-refractivity contribution in [3.8, 4) is 16.2 Å². The highest BCUT2D eigenvalue weighted by Gasteiger charge is 2.54. The Balaban J connectivity index is 0.00000289. The molecule has 2 aliphatic rings. The van der Waals surface area contributed by atoms with E-state index in [9.17, 15) is 18.3 Å². The molecule has 0 atom stereocenters. The Morgan fingerprint density at radius 3 is 2.34 bits per heavy atom. The Bertz CT molecular complexity index is 1030. The summed E-state index contributed by atoms with van der Waals surface area (Å²) in [6.07, 6.45) is 1.77. The zero-order chi connectivity index (χ0) is 22.1. The maximum atomic E-state index is 13.4. The Kier molecular flexibility index (Phi) is 7.63. The van der Waals surface area contributed by atoms with Crippen LogP contribution in [0.15, 0.2) is 30.5 Å². The second kappa shape index (κ2) is 9.89. The van der Waals surface area contributed by atoms with Crippen molar-refractivity contribution in [2.75, 3.05) is 44.3 Å². The Morgan fingerprint density at radius 2 is 1.75 bits per heavy atom. The van der Waals surface area contributed by atoms with E-state index in [0.717, 1.165) is 15.6 Å². The van der Waals surface area contributed by atoms with E-state index in [4.69, 9.17) is 9.94 Å². The molecule has 0 radical (unpaired) electrons. The number of benzene rings is 1. The second-order valence-corrected chi connectivity index (χ2v) is 10.7. The smallest absolute Gasteiger partial charge is 0.266 e. The number of sulfonamides is 1. The van der Waals surface area contributed by atoms with E-state index in [1.165, 1.54) is 15.6 Å². The van der Waals surface area contributed by atoms with Gasteiger partial charge in [0.05, 0.1) is 4.88 Å². The molecule has 3 heterocycles. The summed E-state index contributed by atoms with van der Waals surface area (Å²) in [5, 5.41) is 19.4. The minimum absolute atomic E-state index is 0. The van der Waals surface area contributed by atoms with Crippen LogP contribution in [0, 0.1) is 0 Å². The number of aromatic hydroxyl groups is 1. The van der Waals surface area contributed by atoms with E-state index in [1.807, 2.05) is 17.0 Å². The average molecular weight is 505 g/mol. The van der Waals surface area contributed by atoms with Gasteiger partial charge in [-0.05, 0) is 29.8 Å². The number of nitrogens with zero attached hydrogens (tertiary/aromatic N) is 3. The molecule has 4 rings (SSSR count). The molecule has 2 saturated heterocycles. The van der Waals surface area contributed by atoms with Gasteiger partial charge in [0.2, 0.25) is 10.0 Å². The number of phenolic OH excluding ortho intramolecular Hbond substituents is 1. The molecule has 32 heavy (non-hydrogen) atoms. The van der Waals surface area contributed by atoms with Crippen LogP contribution in [0.25, 0.3) is 10.4 Å². The fourth-order valence-corrected chi connectivity index (χ4v) is 7.02. The van der Waals surface area contributed by atoms with Crippen molar-refractivity contribution in [1.82, 2.24) is 14.8 Å². The van der Waals surface area contributed by atoms with Crippen molar-refractivity contribution in [2.45, 2.75) is 17.6 Å². The molecule has 0 spiro atoms. The zero-order valence-electron chi connectivity index (χ0n) is 17.1. The predicted molar refractivity (Wildman–Crippen MR) is 122 cm³/mol. The Labute approximate surface area is 196 Å². The maximum absolute atomic E-state index is 13.4. The number of piperazine rings is 1. The lowest BCUT2D eigenvalue weighted by atomic mass is 9.98. The van der Waals surface area contributed by atoms with E-state index in [-0.39, 0.29) is 57.3 Å². The second-order valence-electron chi connectivity index (χ2n) is 7.49. The number of thiazole rings is 1. The van der Waals surface area contributed by atoms with E-state index in [0.29, 0.717) is 13.1 Å². The van der Waals surface area contributed by atoms with Crippen molar-refractivity contribution in [3.63, 3.8) is 0 Å². The molecule has 1 amide bonds. The third kappa shape index (κ3) is 4.43. The highest BCUT2D eigenvalue weighted by molar-refractivity contribution is 7.91. The summed E-state index contributed by atoms with van der Waals surface area (Å²) in [4.78, 5) is 19.8. The van der Waals surface area contributed by atoms with Crippen molar-refractivity contribution in [1.29, 1.82) is 0 Å². The van der Waals surface area contributed by atoms with Crippen LogP contribution in [0.4, 0.5) is 5.13 Å². The zero-order valence-corrected chi connectivity index (χ0v) is 19.6. The number of hydrogen-bond acceptors (Lipinski definition) is 9. The average Bonchev–Trinajstić information content (AvgIpc) is 3.29. The summed E-state index contributed by atoms with van der Waals surface area (Å²) >= 11 is 1.49. The number of anilines is 1. The molecule has 13 heteroatoms. The van der Waals surface area contributed by atoms with Crippen LogP contribution in [-0.4, -0.2) is 78.1 Å². The van der Waals surface area contributed by atoms with Crippen LogP contribution in [-0.2, 0) is 19.6 Å². The number of phenols is 1. The van der Waals surface area contributed by atoms with E-state index < -0.39 is 20.7 Å². The third-order valence-corrected chi connectivity index (χ3v) is 9.54. The monoisotopic (exact) mass is 504 g/mol. The highest BCUT2D eigenvalue weighted by atomic mass is 35.5. The Hall–Kier alpha value is -1.96. The fraction of sp³-hybridized carbons (Fsp3) is 0.474. The summed E-state index contributed by atoms with van der Waals surface area (Å²) in [7, 11) is -3.99. The maximum Gasteiger partial charge on any atom is 0.266 e. The third-order valence-electron chi connectivity index (χ3n) is 5.80. The van der Waals surface area contributed by atoms with E-state index in [1.54, 1.807) is 23.8 Å². The van der Waals surface area contributed by atoms with Gasteiger partial charge in [-0.15, -0.1) is 12.4 Å². The minimum atomic E-state index is -3.99. The molecule has 2 aliphatic heterocycles.